The fourth-order valence-corrected chi connectivity index (χ4v) is 5.57. The number of carbonyl (C=O) groups is 7. The standard InChI is InChI=1S/C35H53N5O8/c1-20(2)16-24(28(43)31(45)36-18-26(42)38-27(22(5)41)23-14-12-11-13-15-23)37-30(44)25-17-35(9,10)19-40(25)32(46)29(34(6,7)8)39-33(47)48-21(3)4/h11-15,20-21,24-25,27,29H,16-19H2,1-10H3,(H,36,45)(H,37,44)(H,38,42)(H,39,47)/t24?,25-,27+,29+/m0/s1. The van der Waals surface area contributed by atoms with E-state index in [4.69, 9.17) is 4.74 Å². The molecule has 4 N–H and O–H groups in total. The maximum Gasteiger partial charge on any atom is 0.408 e. The molecule has 48 heavy (non-hydrogen) atoms. The first-order valence-corrected chi connectivity index (χ1v) is 16.4. The Morgan fingerprint density at radius 3 is 2.06 bits per heavy atom. The van der Waals surface area contributed by atoms with Gasteiger partial charge in [0.15, 0.2) is 5.78 Å². The molecular formula is C35H53N5O8. The lowest BCUT2D eigenvalue weighted by atomic mass is 9.85. The average molecular weight is 672 g/mol. The molecule has 1 aromatic rings. The van der Waals surface area contributed by atoms with Gasteiger partial charge in [0.2, 0.25) is 23.5 Å². The number of hydrogen-bond acceptors (Lipinski definition) is 8. The van der Waals surface area contributed by atoms with Gasteiger partial charge in [0, 0.05) is 6.54 Å². The molecule has 1 heterocycles. The molecule has 266 valence electrons. The van der Waals surface area contributed by atoms with E-state index in [-0.39, 0.29) is 31.1 Å². The maximum atomic E-state index is 14.0. The molecule has 0 aliphatic carbocycles. The van der Waals surface area contributed by atoms with Crippen molar-refractivity contribution in [3.8, 4) is 0 Å². The van der Waals surface area contributed by atoms with E-state index in [9.17, 15) is 33.6 Å². The van der Waals surface area contributed by atoms with Crippen LogP contribution in [-0.4, -0.2) is 83.5 Å². The summed E-state index contributed by atoms with van der Waals surface area (Å²) in [5.74, 6) is -4.18. The molecule has 1 aliphatic heterocycles. The van der Waals surface area contributed by atoms with Crippen LogP contribution in [0.1, 0.15) is 93.7 Å². The maximum absolute atomic E-state index is 14.0. The van der Waals surface area contributed by atoms with E-state index in [2.05, 4.69) is 21.3 Å². The zero-order valence-corrected chi connectivity index (χ0v) is 29.9. The van der Waals surface area contributed by atoms with Crippen molar-refractivity contribution in [2.24, 2.45) is 16.7 Å². The summed E-state index contributed by atoms with van der Waals surface area (Å²) in [7, 11) is 0. The normalized spacial score (nSPS) is 17.6. The zero-order chi connectivity index (χ0) is 36.6. The monoisotopic (exact) mass is 671 g/mol. The Balaban J connectivity index is 2.19. The van der Waals surface area contributed by atoms with Crippen LogP contribution >= 0.6 is 0 Å². The molecule has 1 saturated heterocycles. The van der Waals surface area contributed by atoms with Crippen LogP contribution in [0.25, 0.3) is 0 Å². The summed E-state index contributed by atoms with van der Waals surface area (Å²) in [5.41, 5.74) is -0.617. The molecule has 1 aliphatic rings. The van der Waals surface area contributed by atoms with Gasteiger partial charge in [0.25, 0.3) is 5.91 Å². The summed E-state index contributed by atoms with van der Waals surface area (Å²) >= 11 is 0. The summed E-state index contributed by atoms with van der Waals surface area (Å²) in [5, 5.41) is 10.2. The Morgan fingerprint density at radius 1 is 0.938 bits per heavy atom. The average Bonchev–Trinajstić information content (AvgIpc) is 3.30. The molecule has 0 aromatic heterocycles. The predicted molar refractivity (Wildman–Crippen MR) is 179 cm³/mol. The van der Waals surface area contributed by atoms with E-state index >= 15 is 0 Å². The molecule has 2 rings (SSSR count). The molecule has 13 heteroatoms. The van der Waals surface area contributed by atoms with Gasteiger partial charge < -0.3 is 30.9 Å². The molecular weight excluding hydrogens is 618 g/mol. The highest BCUT2D eigenvalue weighted by molar-refractivity contribution is 6.38. The Kier molecular flexibility index (Phi) is 13.9. The third-order valence-corrected chi connectivity index (χ3v) is 7.84. The van der Waals surface area contributed by atoms with E-state index in [1.807, 2.05) is 27.7 Å². The minimum atomic E-state index is -1.23. The van der Waals surface area contributed by atoms with Crippen LogP contribution in [0, 0.1) is 16.7 Å². The van der Waals surface area contributed by atoms with Crippen molar-refractivity contribution in [2.45, 2.75) is 112 Å². The minimum absolute atomic E-state index is 0.100. The van der Waals surface area contributed by atoms with Gasteiger partial charge in [-0.15, -0.1) is 0 Å². The number of nitrogens with zero attached hydrogens (tertiary/aromatic N) is 1. The van der Waals surface area contributed by atoms with Crippen molar-refractivity contribution in [1.82, 2.24) is 26.2 Å². The number of likely N-dealkylation sites (tertiary alicyclic amines) is 1. The molecule has 0 spiro atoms. The van der Waals surface area contributed by atoms with E-state index < -0.39 is 83.2 Å². The van der Waals surface area contributed by atoms with Crippen LogP contribution in [0.4, 0.5) is 4.79 Å². The van der Waals surface area contributed by atoms with Gasteiger partial charge in [-0.3, -0.25) is 28.8 Å². The van der Waals surface area contributed by atoms with Crippen LogP contribution < -0.4 is 21.3 Å². The van der Waals surface area contributed by atoms with Crippen molar-refractivity contribution in [3.63, 3.8) is 0 Å². The van der Waals surface area contributed by atoms with Crippen molar-refractivity contribution in [3.05, 3.63) is 35.9 Å². The van der Waals surface area contributed by atoms with E-state index in [0.29, 0.717) is 5.56 Å². The van der Waals surface area contributed by atoms with Gasteiger partial charge in [-0.05, 0) is 55.9 Å². The lowest BCUT2D eigenvalue weighted by molar-refractivity contribution is -0.144. The second-order valence-corrected chi connectivity index (χ2v) is 15.0. The number of hydrogen-bond donors (Lipinski definition) is 4. The van der Waals surface area contributed by atoms with Crippen LogP contribution in [0.5, 0.6) is 0 Å². The number of ether oxygens (including phenoxy) is 1. The van der Waals surface area contributed by atoms with Crippen LogP contribution in [-0.2, 0) is 33.5 Å². The fraction of sp³-hybridized carbons (Fsp3) is 0.629. The Hall–Kier alpha value is -4.29. The van der Waals surface area contributed by atoms with Crippen molar-refractivity contribution in [2.75, 3.05) is 13.1 Å². The molecule has 1 unspecified atom stereocenters. The van der Waals surface area contributed by atoms with Gasteiger partial charge in [0.1, 0.15) is 18.1 Å². The second-order valence-electron chi connectivity index (χ2n) is 15.0. The lowest BCUT2D eigenvalue weighted by Gasteiger charge is -2.35. The van der Waals surface area contributed by atoms with Crippen LogP contribution in [0.2, 0.25) is 0 Å². The summed E-state index contributed by atoms with van der Waals surface area (Å²) < 4.78 is 5.21. The topological polar surface area (TPSA) is 180 Å². The second kappa shape index (κ2) is 16.7. The summed E-state index contributed by atoms with van der Waals surface area (Å²) in [6.45, 7) is 17.2. The molecule has 1 fully saturated rings. The number of nitrogens with one attached hydrogen (secondary N) is 4. The smallest absolute Gasteiger partial charge is 0.408 e. The van der Waals surface area contributed by atoms with Gasteiger partial charge in [-0.1, -0.05) is 78.8 Å². The molecule has 4 atom stereocenters. The Morgan fingerprint density at radius 2 is 1.54 bits per heavy atom. The fourth-order valence-electron chi connectivity index (χ4n) is 5.57. The zero-order valence-electron chi connectivity index (χ0n) is 29.9. The van der Waals surface area contributed by atoms with Gasteiger partial charge in [-0.25, -0.2) is 4.79 Å². The number of ketones is 2. The first kappa shape index (κ1) is 39.9. The van der Waals surface area contributed by atoms with Crippen molar-refractivity contribution < 1.29 is 38.3 Å². The summed E-state index contributed by atoms with van der Waals surface area (Å²) in [6, 6.07) is 4.47. The number of carbonyl (C=O) groups excluding carboxylic acids is 7. The van der Waals surface area contributed by atoms with Crippen molar-refractivity contribution >= 4 is 41.3 Å². The molecule has 0 saturated carbocycles. The SMILES string of the molecule is CC(=O)[C@@H](NC(=O)CNC(=O)C(=O)C(CC(C)C)NC(=O)[C@@H]1CC(C)(C)CN1C(=O)[C@@H](NC(=O)OC(C)C)C(C)(C)C)c1ccccc1. The highest BCUT2D eigenvalue weighted by atomic mass is 16.6. The minimum Gasteiger partial charge on any atom is -0.447 e. The van der Waals surface area contributed by atoms with E-state index in [0.717, 1.165) is 0 Å². The largest absolute Gasteiger partial charge is 0.447 e. The quantitative estimate of drug-likeness (QED) is 0.218. The number of Topliss-reactive ketones (excluding diaryl/α,β-unsaturated/α-hetero) is 2. The molecule has 1 aromatic carbocycles. The Bertz CT molecular complexity index is 1350. The van der Waals surface area contributed by atoms with Crippen LogP contribution in [0.3, 0.4) is 0 Å². The van der Waals surface area contributed by atoms with Crippen molar-refractivity contribution in [1.29, 1.82) is 0 Å². The highest BCUT2D eigenvalue weighted by Gasteiger charge is 2.48. The molecule has 0 bridgehead atoms. The number of benzene rings is 1. The lowest BCUT2D eigenvalue weighted by Crippen LogP contribution is -2.59. The van der Waals surface area contributed by atoms with Gasteiger partial charge >= 0.3 is 6.09 Å². The highest BCUT2D eigenvalue weighted by Crippen LogP contribution is 2.36. The summed E-state index contributed by atoms with van der Waals surface area (Å²) in [4.78, 5) is 92.7. The van der Waals surface area contributed by atoms with Crippen LogP contribution in [0.15, 0.2) is 30.3 Å². The van der Waals surface area contributed by atoms with Gasteiger partial charge in [0.05, 0.1) is 18.7 Å². The number of amides is 5. The first-order chi connectivity index (χ1) is 22.1. The first-order valence-electron chi connectivity index (χ1n) is 16.4. The number of alkyl carbamates (subject to hydrolysis) is 1. The summed E-state index contributed by atoms with van der Waals surface area (Å²) in [6.07, 6.45) is -0.747. The van der Waals surface area contributed by atoms with E-state index in [1.165, 1.54) is 11.8 Å². The Labute approximate surface area is 283 Å². The molecule has 5 amide bonds. The van der Waals surface area contributed by atoms with E-state index in [1.54, 1.807) is 65.0 Å². The molecule has 13 nitrogen and oxygen atoms in total. The molecule has 0 radical (unpaired) electrons. The number of rotatable bonds is 14. The predicted octanol–water partition coefficient (Wildman–Crippen LogP) is 2.83. The third-order valence-electron chi connectivity index (χ3n) is 7.84. The van der Waals surface area contributed by atoms with Gasteiger partial charge in [-0.2, -0.15) is 0 Å². The third kappa shape index (κ3) is 11.7.